The molecule has 1 nitrogen and oxygen atoms in total. The highest BCUT2D eigenvalue weighted by atomic mass is 15.2. The summed E-state index contributed by atoms with van der Waals surface area (Å²) in [5.74, 6) is 5.04. The van der Waals surface area contributed by atoms with Crippen LogP contribution in [0.1, 0.15) is 93.4 Å². The molecule has 272 valence electrons. The number of aryl methyl sites for hydroxylation is 1. The Balaban J connectivity index is 1.06. The van der Waals surface area contributed by atoms with Gasteiger partial charge in [0.25, 0.3) is 0 Å². The van der Waals surface area contributed by atoms with Crippen molar-refractivity contribution in [3.05, 3.63) is 184 Å². The Morgan fingerprint density at radius 1 is 0.704 bits per heavy atom. The molecule has 1 heteroatoms. The summed E-state index contributed by atoms with van der Waals surface area (Å²) in [4.78, 5) is 2.74. The Labute approximate surface area is 323 Å². The van der Waals surface area contributed by atoms with Crippen molar-refractivity contribution in [1.29, 1.82) is 0 Å². The fraction of sp³-hybridized carbons (Fsp3) is 0.396. The molecular weight excluding hydrogens is 651 g/mol. The largest absolute Gasteiger partial charge is 0.315 e. The smallest absolute Gasteiger partial charge is 0.0418 e. The van der Waals surface area contributed by atoms with Crippen molar-refractivity contribution in [2.75, 3.05) is 0 Å². The van der Waals surface area contributed by atoms with Crippen molar-refractivity contribution in [3.8, 4) is 0 Å². The van der Waals surface area contributed by atoms with Gasteiger partial charge in [0.05, 0.1) is 0 Å². The standard InChI is InChI=1S/C53H55N/c1-34-20-22-35(23-21-34)36-24-26-37(27-25-36)54(38-28-30-44-40-12-4-8-16-46(40)52(2,3)50(44)32-38)39-29-31-45-43-15-7-11-19-49(43)53(51(45)33-39)47-17-9-5-13-41(47)42-14-6-10-18-48(42)53/h4-6,8-9,11-14,16-17,19-24,26,28-29,32-33,41-45,47-49H,7,10,15,18,25,27,30-31H2,1-3H3/t41?,42?,43?,44?,45?,47?,48?,49?,53-/m0/s1. The molecule has 9 aliphatic carbocycles. The van der Waals surface area contributed by atoms with Crippen LogP contribution in [0.25, 0.3) is 5.57 Å². The molecule has 8 unspecified atom stereocenters. The molecule has 2 aromatic rings. The van der Waals surface area contributed by atoms with Gasteiger partial charge >= 0.3 is 0 Å². The Bertz CT molecular complexity index is 2220. The third-order valence-corrected chi connectivity index (χ3v) is 15.9. The molecule has 9 atom stereocenters. The number of hydrogen-bond acceptors (Lipinski definition) is 1. The molecule has 0 radical (unpaired) electrons. The summed E-state index contributed by atoms with van der Waals surface area (Å²) in [6.07, 6.45) is 45.5. The lowest BCUT2D eigenvalue weighted by Gasteiger charge is -2.46. The van der Waals surface area contributed by atoms with E-state index < -0.39 is 0 Å². The van der Waals surface area contributed by atoms with Gasteiger partial charge in [-0.15, -0.1) is 0 Å². The number of benzene rings is 2. The quantitative estimate of drug-likeness (QED) is 0.286. The first kappa shape index (κ1) is 33.0. The predicted molar refractivity (Wildman–Crippen MR) is 224 cm³/mol. The molecule has 0 amide bonds. The molecule has 2 fully saturated rings. The molecule has 0 aliphatic heterocycles. The van der Waals surface area contributed by atoms with Gasteiger partial charge in [0.1, 0.15) is 0 Å². The number of rotatable bonds is 4. The Kier molecular flexibility index (Phi) is 7.54. The Morgan fingerprint density at radius 3 is 2.33 bits per heavy atom. The van der Waals surface area contributed by atoms with E-state index in [4.69, 9.17) is 0 Å². The van der Waals surface area contributed by atoms with Crippen LogP contribution in [0, 0.1) is 53.8 Å². The Morgan fingerprint density at radius 2 is 1.48 bits per heavy atom. The molecule has 2 saturated carbocycles. The lowest BCUT2D eigenvalue weighted by Crippen LogP contribution is -2.40. The zero-order chi connectivity index (χ0) is 36.2. The lowest BCUT2D eigenvalue weighted by molar-refractivity contribution is 0.119. The maximum absolute atomic E-state index is 2.80. The first-order valence-corrected chi connectivity index (χ1v) is 21.3. The van der Waals surface area contributed by atoms with E-state index >= 15 is 0 Å². The van der Waals surface area contributed by atoms with Crippen LogP contribution in [0.3, 0.4) is 0 Å². The average molecular weight is 706 g/mol. The summed E-state index contributed by atoms with van der Waals surface area (Å²) in [6.45, 7) is 7.11. The fourth-order valence-electron chi connectivity index (χ4n) is 13.7. The van der Waals surface area contributed by atoms with E-state index in [1.807, 2.05) is 5.57 Å². The first-order valence-electron chi connectivity index (χ1n) is 21.3. The number of allylic oxidation sites excluding steroid dienone is 18. The van der Waals surface area contributed by atoms with Crippen molar-refractivity contribution in [3.63, 3.8) is 0 Å². The molecule has 11 rings (SSSR count). The van der Waals surface area contributed by atoms with Gasteiger partial charge in [0.15, 0.2) is 0 Å². The highest BCUT2D eigenvalue weighted by Gasteiger charge is 2.68. The molecular formula is C53H55N. The summed E-state index contributed by atoms with van der Waals surface area (Å²) < 4.78 is 0. The normalized spacial score (nSPS) is 36.1. The van der Waals surface area contributed by atoms with Gasteiger partial charge < -0.3 is 4.90 Å². The molecule has 0 N–H and O–H groups in total. The molecule has 1 spiro atoms. The highest BCUT2D eigenvalue weighted by molar-refractivity contribution is 5.69. The second-order valence-electron chi connectivity index (χ2n) is 18.5. The van der Waals surface area contributed by atoms with Crippen molar-refractivity contribution in [1.82, 2.24) is 4.90 Å². The molecule has 0 saturated heterocycles. The topological polar surface area (TPSA) is 3.24 Å². The highest BCUT2D eigenvalue weighted by Crippen LogP contribution is 2.74. The van der Waals surface area contributed by atoms with Gasteiger partial charge in [-0.25, -0.2) is 0 Å². The van der Waals surface area contributed by atoms with Crippen molar-refractivity contribution >= 4 is 5.57 Å². The van der Waals surface area contributed by atoms with Gasteiger partial charge in [0.2, 0.25) is 0 Å². The van der Waals surface area contributed by atoms with Gasteiger partial charge in [-0.3, -0.25) is 0 Å². The zero-order valence-electron chi connectivity index (χ0n) is 32.4. The zero-order valence-corrected chi connectivity index (χ0v) is 32.4. The molecule has 0 bridgehead atoms. The van der Waals surface area contributed by atoms with Crippen molar-refractivity contribution in [2.24, 2.45) is 46.8 Å². The maximum Gasteiger partial charge on any atom is 0.0418 e. The van der Waals surface area contributed by atoms with Crippen LogP contribution in [0.15, 0.2) is 162 Å². The van der Waals surface area contributed by atoms with Crippen LogP contribution in [-0.2, 0) is 5.41 Å². The minimum absolute atomic E-state index is 0.0250. The minimum Gasteiger partial charge on any atom is -0.315 e. The van der Waals surface area contributed by atoms with Crippen LogP contribution in [-0.4, -0.2) is 4.90 Å². The van der Waals surface area contributed by atoms with Crippen molar-refractivity contribution in [2.45, 2.75) is 83.5 Å². The molecule has 0 aromatic heterocycles. The number of hydrogen-bond donors (Lipinski definition) is 0. The molecule has 0 heterocycles. The van der Waals surface area contributed by atoms with Crippen LogP contribution >= 0.6 is 0 Å². The second kappa shape index (κ2) is 12.3. The van der Waals surface area contributed by atoms with E-state index in [1.54, 1.807) is 5.57 Å². The monoisotopic (exact) mass is 705 g/mol. The predicted octanol–water partition coefficient (Wildman–Crippen LogP) is 13.0. The van der Waals surface area contributed by atoms with Crippen LogP contribution < -0.4 is 0 Å². The van der Waals surface area contributed by atoms with Gasteiger partial charge in [-0.1, -0.05) is 146 Å². The molecule has 54 heavy (non-hydrogen) atoms. The van der Waals surface area contributed by atoms with Crippen molar-refractivity contribution < 1.29 is 0 Å². The van der Waals surface area contributed by atoms with E-state index in [9.17, 15) is 0 Å². The van der Waals surface area contributed by atoms with E-state index in [0.717, 1.165) is 25.2 Å². The number of nitrogens with zero attached hydrogens (tertiary/aromatic N) is 1. The lowest BCUT2D eigenvalue weighted by atomic mass is 9.58. The first-order chi connectivity index (χ1) is 26.4. The molecule has 2 aromatic carbocycles. The third kappa shape index (κ3) is 4.63. The van der Waals surface area contributed by atoms with E-state index in [0.29, 0.717) is 41.4 Å². The maximum atomic E-state index is 2.80. The van der Waals surface area contributed by atoms with Crippen LogP contribution in [0.2, 0.25) is 0 Å². The van der Waals surface area contributed by atoms with Crippen LogP contribution in [0.5, 0.6) is 0 Å². The summed E-state index contributed by atoms with van der Waals surface area (Å²) in [5, 5.41) is 0. The molecule has 9 aliphatic rings. The van der Waals surface area contributed by atoms with Crippen LogP contribution in [0.4, 0.5) is 0 Å². The van der Waals surface area contributed by atoms with Gasteiger partial charge in [0, 0.05) is 33.8 Å². The summed E-state index contributed by atoms with van der Waals surface area (Å²) in [5.41, 5.74) is 15.1. The third-order valence-electron chi connectivity index (χ3n) is 15.9. The minimum atomic E-state index is 0.0250. The Hall–Kier alpha value is -4.36. The summed E-state index contributed by atoms with van der Waals surface area (Å²) in [6, 6.07) is 18.4. The SMILES string of the molecule is Cc1ccc(C2=CC=C(N(C3=CCC4C(=C3)C(C)(C)c3ccccc34)C3=CCC4C(=C3)[C@]3(C5C=CC=CC5C5C=CCCC53)C3C=CCCC43)CC2)cc1. The average Bonchev–Trinajstić information content (AvgIpc) is 3.77. The second-order valence-corrected chi connectivity index (χ2v) is 18.5. The number of fused-ring (bicyclic) bond motifs is 13. The van der Waals surface area contributed by atoms with E-state index in [-0.39, 0.29) is 10.8 Å². The summed E-state index contributed by atoms with van der Waals surface area (Å²) in [7, 11) is 0. The van der Waals surface area contributed by atoms with E-state index in [2.05, 4.69) is 159 Å². The fourth-order valence-corrected chi connectivity index (χ4v) is 13.7. The van der Waals surface area contributed by atoms with E-state index in [1.165, 1.54) is 77.0 Å². The summed E-state index contributed by atoms with van der Waals surface area (Å²) >= 11 is 0. The van der Waals surface area contributed by atoms with Gasteiger partial charge in [-0.2, -0.15) is 0 Å². The van der Waals surface area contributed by atoms with Gasteiger partial charge in [-0.05, 0) is 140 Å².